The van der Waals surface area contributed by atoms with Gasteiger partial charge in [-0.2, -0.15) is 0 Å². The van der Waals surface area contributed by atoms with Gasteiger partial charge in [-0.3, -0.25) is 10.1 Å². The van der Waals surface area contributed by atoms with Crippen LogP contribution < -0.4 is 0 Å². The number of nitrogens with zero attached hydrogens (tertiary/aromatic N) is 1. The van der Waals surface area contributed by atoms with E-state index < -0.39 is 4.92 Å². The van der Waals surface area contributed by atoms with E-state index >= 15 is 0 Å². The Kier molecular flexibility index (Phi) is 1.67. The SMILES string of the molecule is Cc1ccc[11c]([N+](=O)[O-])c1. The molecule has 0 aliphatic rings. The predicted molar refractivity (Wildman–Crippen MR) is 37.8 cm³/mol. The largest absolute Gasteiger partial charge is 0.269 e. The van der Waals surface area contributed by atoms with Gasteiger partial charge in [-0.15, -0.1) is 0 Å². The van der Waals surface area contributed by atoms with Gasteiger partial charge in [-0.05, 0) is 12.5 Å². The van der Waals surface area contributed by atoms with E-state index in [0.29, 0.717) is 0 Å². The molecule has 1 aromatic carbocycles. The van der Waals surface area contributed by atoms with Gasteiger partial charge in [0.15, 0.2) is 0 Å². The summed E-state index contributed by atoms with van der Waals surface area (Å²) in [5.41, 5.74) is 1.06. The molecule has 0 amide bonds. The molecule has 3 heteroatoms. The topological polar surface area (TPSA) is 43.1 Å². The van der Waals surface area contributed by atoms with Crippen molar-refractivity contribution in [2.24, 2.45) is 0 Å². The van der Waals surface area contributed by atoms with Crippen molar-refractivity contribution in [1.29, 1.82) is 0 Å². The fourth-order valence-electron chi connectivity index (χ4n) is 0.742. The number of benzene rings is 1. The summed E-state index contributed by atoms with van der Waals surface area (Å²) >= 11 is 0. The average molecular weight is 136 g/mol. The Hall–Kier alpha value is -1.38. The first-order valence-corrected chi connectivity index (χ1v) is 2.91. The van der Waals surface area contributed by atoms with Crippen molar-refractivity contribution in [3.05, 3.63) is 39.9 Å². The Labute approximate surface area is 58.4 Å². The molecule has 0 spiro atoms. The fraction of sp³-hybridized carbons (Fsp3) is 0.143. The van der Waals surface area contributed by atoms with Gasteiger partial charge >= 0.3 is 0 Å². The van der Waals surface area contributed by atoms with E-state index in [1.165, 1.54) is 6.07 Å². The second-order valence-corrected chi connectivity index (χ2v) is 2.10. The molecule has 0 fully saturated rings. The summed E-state index contributed by atoms with van der Waals surface area (Å²) in [6.45, 7) is 1.83. The Morgan fingerprint density at radius 1 is 1.50 bits per heavy atom. The van der Waals surface area contributed by atoms with Crippen LogP contribution in [-0.2, 0) is 0 Å². The third-order valence-electron chi connectivity index (χ3n) is 1.21. The molecule has 10 heavy (non-hydrogen) atoms. The molecule has 0 aliphatic heterocycles. The summed E-state index contributed by atoms with van der Waals surface area (Å²) in [5.74, 6) is 0. The molecule has 0 saturated carbocycles. The summed E-state index contributed by atoms with van der Waals surface area (Å²) in [6, 6.07) is 6.52. The lowest BCUT2D eigenvalue weighted by molar-refractivity contribution is -0.384. The maximum Gasteiger partial charge on any atom is 0.269 e. The summed E-state index contributed by atoms with van der Waals surface area (Å²) in [5, 5.41) is 10.2. The van der Waals surface area contributed by atoms with Crippen molar-refractivity contribution < 1.29 is 4.92 Å². The van der Waals surface area contributed by atoms with Crippen LogP contribution in [0.15, 0.2) is 24.3 Å². The standard InChI is InChI=1S/C7H7NO2/c1-6-3-2-4-7(5-6)8(9)10/h2-5H,1H3/i7-1. The van der Waals surface area contributed by atoms with Gasteiger partial charge < -0.3 is 0 Å². The molecule has 0 unspecified atom stereocenters. The van der Waals surface area contributed by atoms with E-state index in [9.17, 15) is 10.1 Å². The maximum atomic E-state index is 10.2. The van der Waals surface area contributed by atoms with Crippen molar-refractivity contribution in [3.8, 4) is 0 Å². The molecule has 3 nitrogen and oxygen atoms in total. The molecule has 0 atom stereocenters. The molecule has 1 aromatic rings. The summed E-state index contributed by atoms with van der Waals surface area (Å²) in [6.07, 6.45) is 0. The fourth-order valence-corrected chi connectivity index (χ4v) is 0.742. The molecule has 0 saturated heterocycles. The Morgan fingerprint density at radius 3 is 2.60 bits per heavy atom. The predicted octanol–water partition coefficient (Wildman–Crippen LogP) is 1.90. The van der Waals surface area contributed by atoms with Crippen molar-refractivity contribution in [2.75, 3.05) is 0 Å². The van der Waals surface area contributed by atoms with Crippen LogP contribution in [-0.4, -0.2) is 4.92 Å². The second kappa shape index (κ2) is 2.47. The highest BCUT2D eigenvalue weighted by molar-refractivity contribution is 5.33. The monoisotopic (exact) mass is 136 g/mol. The lowest BCUT2D eigenvalue weighted by atomic mass is 9.90. The zero-order valence-electron chi connectivity index (χ0n) is 5.57. The molecule has 0 radical (unpaired) electrons. The lowest BCUT2D eigenvalue weighted by Gasteiger charge is -1.90. The van der Waals surface area contributed by atoms with E-state index in [0.717, 1.165) is 5.56 Å². The second-order valence-electron chi connectivity index (χ2n) is 2.10. The number of non-ortho nitro benzene ring substituents is 1. The van der Waals surface area contributed by atoms with Crippen molar-refractivity contribution >= 4 is 5.69 Å². The van der Waals surface area contributed by atoms with Crippen LogP contribution in [0.1, 0.15) is 5.56 Å². The summed E-state index contributed by atoms with van der Waals surface area (Å²) in [7, 11) is 0. The Bertz CT molecular complexity index is 258. The van der Waals surface area contributed by atoms with Crippen LogP contribution in [0.2, 0.25) is 0 Å². The number of hydrogen-bond acceptors (Lipinski definition) is 2. The number of nitro benzene ring substituents is 1. The smallest absolute Gasteiger partial charge is 0.258 e. The summed E-state index contributed by atoms with van der Waals surface area (Å²) < 4.78 is 0. The van der Waals surface area contributed by atoms with E-state index in [1.54, 1.807) is 12.1 Å². The minimum absolute atomic E-state index is 0.153. The quantitative estimate of drug-likeness (QED) is 0.437. The molecule has 52 valence electrons. The highest BCUT2D eigenvalue weighted by atomic mass is 16.6. The van der Waals surface area contributed by atoms with Crippen LogP contribution in [0.3, 0.4) is 0 Å². The molecule has 0 heterocycles. The van der Waals surface area contributed by atoms with Crippen molar-refractivity contribution in [3.63, 3.8) is 0 Å². The minimum atomic E-state index is -0.396. The first-order chi connectivity index (χ1) is 4.70. The normalized spacial score (nSPS) is 9.30. The molecule has 0 aromatic heterocycles. The number of hydrogen-bond donors (Lipinski definition) is 0. The van der Waals surface area contributed by atoms with Gasteiger partial charge in [0.05, 0.1) is 4.92 Å². The van der Waals surface area contributed by atoms with E-state index in [4.69, 9.17) is 0 Å². The van der Waals surface area contributed by atoms with Crippen LogP contribution in [0.25, 0.3) is 0 Å². The highest BCUT2D eigenvalue weighted by Gasteiger charge is 2.01. The molecule has 0 N–H and O–H groups in total. The first-order valence-electron chi connectivity index (χ1n) is 2.91. The zero-order chi connectivity index (χ0) is 7.56. The molecular formula is C7H7NO2. The van der Waals surface area contributed by atoms with Crippen LogP contribution in [0.5, 0.6) is 0 Å². The van der Waals surface area contributed by atoms with E-state index in [2.05, 4.69) is 0 Å². The van der Waals surface area contributed by atoms with Gasteiger partial charge in [0.2, 0.25) is 0 Å². The molecule has 1 rings (SSSR count). The van der Waals surface area contributed by atoms with E-state index in [1.807, 2.05) is 13.0 Å². The number of rotatable bonds is 1. The van der Waals surface area contributed by atoms with Gasteiger partial charge in [0.1, 0.15) is 0 Å². The Balaban J connectivity index is 3.07. The summed E-state index contributed by atoms with van der Waals surface area (Å²) in [4.78, 5) is 9.76. The van der Waals surface area contributed by atoms with Crippen molar-refractivity contribution in [2.45, 2.75) is 6.92 Å². The number of nitro groups is 1. The zero-order valence-corrected chi connectivity index (χ0v) is 5.57. The third-order valence-corrected chi connectivity index (χ3v) is 1.21. The minimum Gasteiger partial charge on any atom is -0.258 e. The van der Waals surface area contributed by atoms with Gasteiger partial charge in [-0.25, -0.2) is 0 Å². The number of aryl methyl sites for hydroxylation is 1. The molecule has 0 bridgehead atoms. The molecule has 0 aliphatic carbocycles. The van der Waals surface area contributed by atoms with Gasteiger partial charge in [0, 0.05) is 12.1 Å². The maximum absolute atomic E-state index is 10.2. The van der Waals surface area contributed by atoms with Crippen LogP contribution >= 0.6 is 0 Å². The van der Waals surface area contributed by atoms with Gasteiger partial charge in [-0.1, -0.05) is 12.1 Å². The van der Waals surface area contributed by atoms with Crippen molar-refractivity contribution in [1.82, 2.24) is 0 Å². The van der Waals surface area contributed by atoms with Crippen LogP contribution in [0.4, 0.5) is 5.69 Å². The van der Waals surface area contributed by atoms with Gasteiger partial charge in [0.25, 0.3) is 5.69 Å². The highest BCUT2D eigenvalue weighted by Crippen LogP contribution is 2.11. The lowest BCUT2D eigenvalue weighted by Crippen LogP contribution is -1.86. The third kappa shape index (κ3) is 1.31. The average Bonchev–Trinajstić information content (AvgIpc) is 1.88. The first kappa shape index (κ1) is 6.74. The van der Waals surface area contributed by atoms with Crippen LogP contribution in [0, 0.1) is 17.0 Å². The van der Waals surface area contributed by atoms with E-state index in [-0.39, 0.29) is 5.69 Å². The Morgan fingerprint density at radius 2 is 2.20 bits per heavy atom. The molecular weight excluding hydrogens is 129 g/mol.